The van der Waals surface area contributed by atoms with Gasteiger partial charge in [-0.2, -0.15) is 0 Å². The van der Waals surface area contributed by atoms with Crippen molar-refractivity contribution in [3.63, 3.8) is 0 Å². The fourth-order valence-corrected chi connectivity index (χ4v) is 2.03. The summed E-state index contributed by atoms with van der Waals surface area (Å²) in [4.78, 5) is 12.2. The van der Waals surface area contributed by atoms with Gasteiger partial charge < -0.3 is 15.3 Å². The van der Waals surface area contributed by atoms with Crippen molar-refractivity contribution in [1.29, 1.82) is 0 Å². The molecule has 6 nitrogen and oxygen atoms in total. The van der Waals surface area contributed by atoms with E-state index in [-0.39, 0.29) is 18.3 Å². The van der Waals surface area contributed by atoms with Gasteiger partial charge in [-0.05, 0) is 12.1 Å². The maximum Gasteiger partial charge on any atom is 0.269 e. The molecule has 0 aliphatic carbocycles. The Morgan fingerprint density at radius 3 is 2.76 bits per heavy atom. The standard InChI is InChI=1S/C11H15N3O3/c15-8-11-7-12-5-6-13(11)9-1-3-10(4-2-9)14(16)17/h1-4,11-12,15H,5-8H2. The Balaban J connectivity index is 2.17. The molecule has 1 atom stereocenters. The van der Waals surface area contributed by atoms with Crippen molar-refractivity contribution in [2.75, 3.05) is 31.1 Å². The normalized spacial score (nSPS) is 20.3. The van der Waals surface area contributed by atoms with E-state index in [2.05, 4.69) is 10.2 Å². The van der Waals surface area contributed by atoms with E-state index in [1.807, 2.05) is 0 Å². The van der Waals surface area contributed by atoms with E-state index in [1.54, 1.807) is 12.1 Å². The van der Waals surface area contributed by atoms with Crippen LogP contribution in [0.1, 0.15) is 0 Å². The molecule has 1 fully saturated rings. The van der Waals surface area contributed by atoms with Crippen LogP contribution in [0, 0.1) is 10.1 Å². The van der Waals surface area contributed by atoms with Crippen LogP contribution in [0.4, 0.5) is 11.4 Å². The van der Waals surface area contributed by atoms with Crippen LogP contribution in [-0.4, -0.2) is 42.3 Å². The molecule has 6 heteroatoms. The molecule has 0 aromatic heterocycles. The smallest absolute Gasteiger partial charge is 0.269 e. The van der Waals surface area contributed by atoms with E-state index in [0.29, 0.717) is 0 Å². The van der Waals surface area contributed by atoms with E-state index in [4.69, 9.17) is 0 Å². The van der Waals surface area contributed by atoms with Gasteiger partial charge in [-0.15, -0.1) is 0 Å². The molecule has 0 amide bonds. The Morgan fingerprint density at radius 1 is 1.47 bits per heavy atom. The molecule has 1 aliphatic heterocycles. The summed E-state index contributed by atoms with van der Waals surface area (Å²) in [7, 11) is 0. The molecule has 1 unspecified atom stereocenters. The van der Waals surface area contributed by atoms with Crippen LogP contribution >= 0.6 is 0 Å². The Bertz CT molecular complexity index is 393. The summed E-state index contributed by atoms with van der Waals surface area (Å²) in [6, 6.07) is 6.47. The Labute approximate surface area is 99.0 Å². The summed E-state index contributed by atoms with van der Waals surface area (Å²) < 4.78 is 0. The Hall–Kier alpha value is -1.66. The van der Waals surface area contributed by atoms with Crippen LogP contribution in [-0.2, 0) is 0 Å². The van der Waals surface area contributed by atoms with Crippen molar-refractivity contribution in [1.82, 2.24) is 5.32 Å². The number of nitro benzene ring substituents is 1. The van der Waals surface area contributed by atoms with Crippen molar-refractivity contribution in [2.45, 2.75) is 6.04 Å². The van der Waals surface area contributed by atoms with Crippen LogP contribution in [0.3, 0.4) is 0 Å². The molecule has 92 valence electrons. The number of nitrogens with zero attached hydrogens (tertiary/aromatic N) is 2. The van der Waals surface area contributed by atoms with Crippen LogP contribution < -0.4 is 10.2 Å². The molecule has 17 heavy (non-hydrogen) atoms. The zero-order valence-electron chi connectivity index (χ0n) is 9.37. The first-order valence-electron chi connectivity index (χ1n) is 5.55. The molecule has 1 aromatic carbocycles. The highest BCUT2D eigenvalue weighted by Crippen LogP contribution is 2.21. The van der Waals surface area contributed by atoms with Gasteiger partial charge in [0.25, 0.3) is 5.69 Å². The van der Waals surface area contributed by atoms with E-state index in [0.717, 1.165) is 25.3 Å². The topological polar surface area (TPSA) is 78.6 Å². The molecule has 1 heterocycles. The summed E-state index contributed by atoms with van der Waals surface area (Å²) in [5.41, 5.74) is 1.00. The minimum atomic E-state index is -0.412. The molecule has 0 saturated carbocycles. The van der Waals surface area contributed by atoms with Crippen molar-refractivity contribution in [2.24, 2.45) is 0 Å². The van der Waals surface area contributed by atoms with Gasteiger partial charge in [0.15, 0.2) is 0 Å². The third kappa shape index (κ3) is 2.54. The SMILES string of the molecule is O=[N+]([O-])c1ccc(N2CCNCC2CO)cc1. The third-order valence-corrected chi connectivity index (χ3v) is 2.95. The van der Waals surface area contributed by atoms with Crippen molar-refractivity contribution in [3.05, 3.63) is 34.4 Å². The second-order valence-electron chi connectivity index (χ2n) is 4.01. The zero-order chi connectivity index (χ0) is 12.3. The lowest BCUT2D eigenvalue weighted by atomic mass is 10.1. The highest BCUT2D eigenvalue weighted by Gasteiger charge is 2.21. The molecule has 1 aliphatic rings. The lowest BCUT2D eigenvalue weighted by molar-refractivity contribution is -0.384. The average molecular weight is 237 g/mol. The Morgan fingerprint density at radius 2 is 2.18 bits per heavy atom. The molecular formula is C11H15N3O3. The molecule has 2 N–H and O–H groups in total. The maximum atomic E-state index is 10.6. The number of hydrogen-bond acceptors (Lipinski definition) is 5. The van der Waals surface area contributed by atoms with Gasteiger partial charge in [-0.3, -0.25) is 10.1 Å². The number of aliphatic hydroxyl groups is 1. The molecular weight excluding hydrogens is 222 g/mol. The van der Waals surface area contributed by atoms with Gasteiger partial charge in [0, 0.05) is 37.5 Å². The molecule has 1 aromatic rings. The summed E-state index contributed by atoms with van der Waals surface area (Å²) >= 11 is 0. The number of rotatable bonds is 3. The molecule has 1 saturated heterocycles. The molecule has 0 bridgehead atoms. The number of non-ortho nitro benzene ring substituents is 1. The number of benzene rings is 1. The minimum absolute atomic E-state index is 0.0326. The van der Waals surface area contributed by atoms with Crippen LogP contribution in [0.5, 0.6) is 0 Å². The van der Waals surface area contributed by atoms with Gasteiger partial charge in [0.2, 0.25) is 0 Å². The van der Waals surface area contributed by atoms with Gasteiger partial charge in [0.1, 0.15) is 0 Å². The van der Waals surface area contributed by atoms with E-state index in [1.165, 1.54) is 12.1 Å². The van der Waals surface area contributed by atoms with Crippen molar-refractivity contribution < 1.29 is 10.0 Å². The zero-order valence-corrected chi connectivity index (χ0v) is 9.37. The first-order chi connectivity index (χ1) is 8.22. The summed E-state index contributed by atoms with van der Waals surface area (Å²) in [5.74, 6) is 0. The van der Waals surface area contributed by atoms with Crippen LogP contribution in [0.15, 0.2) is 24.3 Å². The van der Waals surface area contributed by atoms with Crippen LogP contribution in [0.25, 0.3) is 0 Å². The number of aliphatic hydroxyl groups excluding tert-OH is 1. The third-order valence-electron chi connectivity index (χ3n) is 2.95. The first kappa shape index (κ1) is 11.8. The van der Waals surface area contributed by atoms with Crippen LogP contribution in [0.2, 0.25) is 0 Å². The fraction of sp³-hybridized carbons (Fsp3) is 0.455. The lowest BCUT2D eigenvalue weighted by Crippen LogP contribution is -2.53. The van der Waals surface area contributed by atoms with Crippen molar-refractivity contribution in [3.8, 4) is 0 Å². The van der Waals surface area contributed by atoms with Crippen molar-refractivity contribution >= 4 is 11.4 Å². The molecule has 0 radical (unpaired) electrons. The molecule has 2 rings (SSSR count). The fourth-order valence-electron chi connectivity index (χ4n) is 2.03. The summed E-state index contributed by atoms with van der Waals surface area (Å²) in [5, 5.41) is 23.0. The number of piperazine rings is 1. The monoisotopic (exact) mass is 237 g/mol. The highest BCUT2D eigenvalue weighted by molar-refractivity contribution is 5.52. The highest BCUT2D eigenvalue weighted by atomic mass is 16.6. The average Bonchev–Trinajstić information content (AvgIpc) is 2.39. The number of nitrogens with one attached hydrogen (secondary N) is 1. The van der Waals surface area contributed by atoms with Gasteiger partial charge in [-0.1, -0.05) is 0 Å². The second-order valence-corrected chi connectivity index (χ2v) is 4.01. The van der Waals surface area contributed by atoms with Gasteiger partial charge in [0.05, 0.1) is 17.6 Å². The number of hydrogen-bond donors (Lipinski definition) is 2. The Kier molecular flexibility index (Phi) is 3.55. The minimum Gasteiger partial charge on any atom is -0.394 e. The molecule has 0 spiro atoms. The van der Waals surface area contributed by atoms with E-state index < -0.39 is 4.92 Å². The summed E-state index contributed by atoms with van der Waals surface area (Å²) in [6.07, 6.45) is 0. The second kappa shape index (κ2) is 5.11. The number of nitro groups is 1. The lowest BCUT2D eigenvalue weighted by Gasteiger charge is -2.36. The number of anilines is 1. The first-order valence-corrected chi connectivity index (χ1v) is 5.55. The largest absolute Gasteiger partial charge is 0.394 e. The van der Waals surface area contributed by atoms with E-state index in [9.17, 15) is 15.2 Å². The summed E-state index contributed by atoms with van der Waals surface area (Å²) in [6.45, 7) is 2.45. The van der Waals surface area contributed by atoms with E-state index >= 15 is 0 Å². The maximum absolute atomic E-state index is 10.6. The quantitative estimate of drug-likeness (QED) is 0.586. The van der Waals surface area contributed by atoms with Gasteiger partial charge >= 0.3 is 0 Å². The predicted octanol–water partition coefficient (Wildman–Crippen LogP) is 0.365. The predicted molar refractivity (Wildman–Crippen MR) is 64.2 cm³/mol. The van der Waals surface area contributed by atoms with Gasteiger partial charge in [-0.25, -0.2) is 0 Å².